The van der Waals surface area contributed by atoms with Crippen molar-refractivity contribution in [3.05, 3.63) is 289 Å². The molecule has 14 aromatic rings. The lowest BCUT2D eigenvalue weighted by atomic mass is 9.97. The molecule has 0 saturated carbocycles. The number of pyridine rings is 4. The van der Waals surface area contributed by atoms with Crippen molar-refractivity contribution >= 4 is 64.9 Å². The van der Waals surface area contributed by atoms with E-state index >= 15 is 0 Å². The Morgan fingerprint density at radius 1 is 0.208 bits per heavy atom. The van der Waals surface area contributed by atoms with Crippen LogP contribution in [0.1, 0.15) is 133 Å². The van der Waals surface area contributed by atoms with Gasteiger partial charge >= 0.3 is 0 Å². The molecular formula is C92H116N4+4. The monoisotopic (exact) mass is 1280 g/mol. The highest BCUT2D eigenvalue weighted by Crippen LogP contribution is 2.32. The SMILES string of the molecule is CC.CC.CC.CC.CC.CC.CC.CC.Cc1c(-c2cc3ccccc3c[n+]2C)ccc2ccccc12.Cc1c(-c2ccc3ccccc3[n+]2C)ccc2ccccc12.Cc1ccccc1-c1cc2ccccc2c[n+]1C.Cc1ccccc1-c1ccc2ccccc2[n+]1C. The van der Waals surface area contributed by atoms with Crippen molar-refractivity contribution in [1.29, 1.82) is 0 Å². The summed E-state index contributed by atoms with van der Waals surface area (Å²) in [6.07, 6.45) is 4.40. The van der Waals surface area contributed by atoms with Crippen molar-refractivity contribution in [2.24, 2.45) is 28.2 Å². The number of aromatic nitrogens is 4. The standard InChI is InChI=1S/2C21H18N.2C17H16N.8C2H6/c1-15-18-9-5-3-7-16(18)11-13-19(15)21-14-12-17-8-4-6-10-20(17)22(21)2;1-15-19-10-6-5-7-16(19)11-12-20(15)21-13-17-8-3-4-9-18(17)14-22(21)2;1-13-7-3-6-10-16(13)17-11-14-8-4-5-9-15(14)12-18(17)2;1-13-7-3-5-9-15(13)17-12-11-14-8-4-6-10-16(14)18(17)2;8*1-2/h2*3-14H,1-2H3;2*3-12H,1-2H3;8*1-2H3/q4*+1;;;;;;;;. The van der Waals surface area contributed by atoms with E-state index in [0.29, 0.717) is 0 Å². The topological polar surface area (TPSA) is 15.5 Å². The fraction of sp³-hybridized carbons (Fsp3) is 0.261. The Morgan fingerprint density at radius 2 is 0.469 bits per heavy atom. The third-order valence-electron chi connectivity index (χ3n) is 16.0. The number of para-hydroxylation sites is 2. The molecule has 500 valence electrons. The van der Waals surface area contributed by atoms with Gasteiger partial charge in [0.2, 0.25) is 33.8 Å². The minimum Gasteiger partial charge on any atom is -0.200 e. The summed E-state index contributed by atoms with van der Waals surface area (Å²) < 4.78 is 8.97. The van der Waals surface area contributed by atoms with Gasteiger partial charge in [0, 0.05) is 80.2 Å². The van der Waals surface area contributed by atoms with Crippen LogP contribution >= 0.6 is 0 Å². The average molecular weight is 1280 g/mol. The predicted molar refractivity (Wildman–Crippen MR) is 427 cm³/mol. The summed E-state index contributed by atoms with van der Waals surface area (Å²) in [7, 11) is 8.50. The van der Waals surface area contributed by atoms with Gasteiger partial charge in [-0.15, -0.1) is 0 Å². The first-order valence-corrected chi connectivity index (χ1v) is 35.6. The van der Waals surface area contributed by atoms with Crippen molar-refractivity contribution < 1.29 is 18.3 Å². The zero-order valence-electron chi connectivity index (χ0n) is 63.2. The Bertz CT molecular complexity index is 4330. The number of benzene rings is 10. The molecular weight excluding hydrogens is 1160 g/mol. The molecule has 0 spiro atoms. The summed E-state index contributed by atoms with van der Waals surface area (Å²) >= 11 is 0. The zero-order chi connectivity index (χ0) is 71.3. The molecule has 0 N–H and O–H groups in total. The van der Waals surface area contributed by atoms with E-state index < -0.39 is 0 Å². The van der Waals surface area contributed by atoms with E-state index in [1.807, 2.05) is 111 Å². The van der Waals surface area contributed by atoms with Crippen LogP contribution in [0.4, 0.5) is 0 Å². The maximum atomic E-state index is 2.28. The molecule has 0 atom stereocenters. The van der Waals surface area contributed by atoms with E-state index in [9.17, 15) is 0 Å². The van der Waals surface area contributed by atoms with Gasteiger partial charge in [0.1, 0.15) is 28.2 Å². The van der Waals surface area contributed by atoms with Crippen LogP contribution in [0.25, 0.3) is 110 Å². The molecule has 0 aliphatic carbocycles. The lowest BCUT2D eigenvalue weighted by molar-refractivity contribution is -0.659. The van der Waals surface area contributed by atoms with Crippen LogP contribution in [0.2, 0.25) is 0 Å². The van der Waals surface area contributed by atoms with Crippen molar-refractivity contribution in [2.45, 2.75) is 138 Å². The normalized spacial score (nSPS) is 9.67. The molecule has 4 aromatic heterocycles. The summed E-state index contributed by atoms with van der Waals surface area (Å²) in [5.41, 5.74) is 18.0. The van der Waals surface area contributed by atoms with Crippen LogP contribution < -0.4 is 18.3 Å². The summed E-state index contributed by atoms with van der Waals surface area (Å²) in [5.74, 6) is 0. The number of nitrogens with zero attached hydrogens (tertiary/aromatic N) is 4. The molecule has 0 amide bonds. The Balaban J connectivity index is 0.000000312. The smallest absolute Gasteiger partial charge is 0.200 e. The lowest BCUT2D eigenvalue weighted by Gasteiger charge is -2.09. The quantitative estimate of drug-likeness (QED) is 0.156. The Kier molecular flexibility index (Phi) is 36.4. The molecule has 0 radical (unpaired) electrons. The van der Waals surface area contributed by atoms with Crippen molar-refractivity contribution in [3.8, 4) is 45.0 Å². The predicted octanol–water partition coefficient (Wildman–Crippen LogP) is 25.1. The molecule has 96 heavy (non-hydrogen) atoms. The van der Waals surface area contributed by atoms with E-state index in [0.717, 1.165) is 0 Å². The first-order chi connectivity index (χ1) is 47.0. The van der Waals surface area contributed by atoms with Crippen molar-refractivity contribution in [1.82, 2.24) is 0 Å². The van der Waals surface area contributed by atoms with Gasteiger partial charge in [-0.05, 0) is 143 Å². The highest BCUT2D eigenvalue weighted by molar-refractivity contribution is 5.93. The third-order valence-corrected chi connectivity index (χ3v) is 16.0. The molecule has 0 aliphatic heterocycles. The number of hydrogen-bond donors (Lipinski definition) is 0. The fourth-order valence-corrected chi connectivity index (χ4v) is 11.5. The molecule has 0 bridgehead atoms. The molecule has 4 heterocycles. The molecule has 4 heteroatoms. The third kappa shape index (κ3) is 20.2. The van der Waals surface area contributed by atoms with Gasteiger partial charge in [-0.25, -0.2) is 9.13 Å². The average Bonchev–Trinajstić information content (AvgIpc) is 0.805. The van der Waals surface area contributed by atoms with E-state index in [-0.39, 0.29) is 0 Å². The first-order valence-electron chi connectivity index (χ1n) is 35.6. The van der Waals surface area contributed by atoms with Gasteiger partial charge in [-0.1, -0.05) is 269 Å². The summed E-state index contributed by atoms with van der Waals surface area (Å²) in [5, 5.41) is 12.9. The van der Waals surface area contributed by atoms with E-state index in [4.69, 9.17) is 0 Å². The molecule has 4 nitrogen and oxygen atoms in total. The minimum absolute atomic E-state index is 1.25. The second-order valence-electron chi connectivity index (χ2n) is 21.0. The van der Waals surface area contributed by atoms with E-state index in [2.05, 4.69) is 341 Å². The number of fused-ring (bicyclic) bond motifs is 6. The van der Waals surface area contributed by atoms with Gasteiger partial charge in [0.05, 0.1) is 0 Å². The summed E-state index contributed by atoms with van der Waals surface area (Å²) in [4.78, 5) is 0. The van der Waals surface area contributed by atoms with Gasteiger partial charge in [0.15, 0.2) is 12.4 Å². The van der Waals surface area contributed by atoms with E-state index in [1.54, 1.807) is 0 Å². The fourth-order valence-electron chi connectivity index (χ4n) is 11.5. The molecule has 0 fully saturated rings. The largest absolute Gasteiger partial charge is 0.213 e. The number of aryl methyl sites for hydroxylation is 8. The van der Waals surface area contributed by atoms with Crippen LogP contribution in [0.15, 0.2) is 267 Å². The number of rotatable bonds is 4. The van der Waals surface area contributed by atoms with Crippen LogP contribution in [0, 0.1) is 27.7 Å². The number of hydrogen-bond acceptors (Lipinski definition) is 0. The minimum atomic E-state index is 1.25. The Hall–Kier alpha value is -9.64. The highest BCUT2D eigenvalue weighted by Gasteiger charge is 2.19. The van der Waals surface area contributed by atoms with Gasteiger partial charge < -0.3 is 0 Å². The molecule has 0 unspecified atom stereocenters. The second kappa shape index (κ2) is 43.4. The maximum absolute atomic E-state index is 2.28. The van der Waals surface area contributed by atoms with Gasteiger partial charge in [-0.3, -0.25) is 0 Å². The van der Waals surface area contributed by atoms with Crippen molar-refractivity contribution in [3.63, 3.8) is 0 Å². The Labute approximate surface area is 580 Å². The second-order valence-corrected chi connectivity index (χ2v) is 21.0. The summed E-state index contributed by atoms with van der Waals surface area (Å²) in [6.45, 7) is 40.7. The molecule has 10 aromatic carbocycles. The van der Waals surface area contributed by atoms with Gasteiger partial charge in [0.25, 0.3) is 0 Å². The maximum Gasteiger partial charge on any atom is 0.213 e. The van der Waals surface area contributed by atoms with Crippen molar-refractivity contribution in [2.75, 3.05) is 0 Å². The van der Waals surface area contributed by atoms with Crippen LogP contribution in [-0.4, -0.2) is 0 Å². The van der Waals surface area contributed by atoms with Crippen LogP contribution in [0.3, 0.4) is 0 Å². The van der Waals surface area contributed by atoms with Gasteiger partial charge in [-0.2, -0.15) is 9.13 Å². The summed E-state index contributed by atoms with van der Waals surface area (Å²) in [6, 6.07) is 90.5. The molecule has 14 rings (SSSR count). The van der Waals surface area contributed by atoms with Crippen LogP contribution in [-0.2, 0) is 28.2 Å². The molecule has 0 saturated heterocycles. The molecule has 0 aliphatic rings. The highest BCUT2D eigenvalue weighted by atomic mass is 14.9. The van der Waals surface area contributed by atoms with Crippen LogP contribution in [0.5, 0.6) is 0 Å². The zero-order valence-corrected chi connectivity index (χ0v) is 63.2. The first kappa shape index (κ1) is 80.6. The lowest BCUT2D eigenvalue weighted by Crippen LogP contribution is -2.32. The van der Waals surface area contributed by atoms with E-state index in [1.165, 1.54) is 132 Å². The Morgan fingerprint density at radius 3 is 0.844 bits per heavy atom.